The minimum atomic E-state index is -0.283. The van der Waals surface area contributed by atoms with E-state index in [1.54, 1.807) is 17.0 Å². The van der Waals surface area contributed by atoms with Crippen molar-refractivity contribution >= 4 is 6.03 Å². The number of hydrogen-bond acceptors (Lipinski definition) is 1. The Kier molecular flexibility index (Phi) is 5.99. The minimum Gasteiger partial charge on any atom is -0.334 e. The Hall–Kier alpha value is -3.14. The number of nitrogens with zero attached hydrogens (tertiary/aromatic N) is 1. The van der Waals surface area contributed by atoms with Crippen molar-refractivity contribution in [2.45, 2.75) is 19.6 Å². The number of hydrogen-bond donors (Lipinski definition) is 1. The Morgan fingerprint density at radius 2 is 1.23 bits per heavy atom. The van der Waals surface area contributed by atoms with Crippen LogP contribution >= 0.6 is 0 Å². The molecule has 0 unspecified atom stereocenters. The van der Waals surface area contributed by atoms with Crippen LogP contribution in [-0.4, -0.2) is 10.9 Å². The molecule has 0 aromatic heterocycles. The molecule has 26 heavy (non-hydrogen) atoms. The highest BCUT2D eigenvalue weighted by atomic mass is 19.1. The predicted molar refractivity (Wildman–Crippen MR) is 101 cm³/mol. The smallest absolute Gasteiger partial charge is 0.318 e. The zero-order chi connectivity index (χ0) is 18.2. The fourth-order valence-electron chi connectivity index (χ4n) is 2.70. The molecule has 0 aliphatic carbocycles. The molecular weight excluding hydrogens is 327 g/mol. The van der Waals surface area contributed by atoms with Crippen LogP contribution in [-0.2, 0) is 19.6 Å². The lowest BCUT2D eigenvalue weighted by Gasteiger charge is -2.23. The van der Waals surface area contributed by atoms with Crippen molar-refractivity contribution in [3.8, 4) is 0 Å². The number of urea groups is 1. The van der Waals surface area contributed by atoms with Gasteiger partial charge in [-0.1, -0.05) is 72.8 Å². The van der Waals surface area contributed by atoms with Gasteiger partial charge in [-0.15, -0.1) is 0 Å². The van der Waals surface area contributed by atoms with Crippen LogP contribution in [0.25, 0.3) is 0 Å². The standard InChI is InChI=1S/C22H21FN2O/c23-21-13-11-18(12-14-21)15-24-22(26)25(16-19-7-3-1-4-8-19)17-20-9-5-2-6-10-20/h1-14H,15-17H2,(H,24,26). The lowest BCUT2D eigenvalue weighted by molar-refractivity contribution is 0.192. The molecule has 132 valence electrons. The van der Waals surface area contributed by atoms with Gasteiger partial charge in [-0.25, -0.2) is 9.18 Å². The average molecular weight is 348 g/mol. The summed E-state index contributed by atoms with van der Waals surface area (Å²) in [5.41, 5.74) is 3.00. The van der Waals surface area contributed by atoms with Crippen LogP contribution in [0.15, 0.2) is 84.9 Å². The summed E-state index contributed by atoms with van der Waals surface area (Å²) in [6.45, 7) is 1.40. The maximum Gasteiger partial charge on any atom is 0.318 e. The number of halogens is 1. The van der Waals surface area contributed by atoms with Crippen LogP contribution in [0.2, 0.25) is 0 Å². The van der Waals surface area contributed by atoms with Crippen molar-refractivity contribution in [1.82, 2.24) is 10.2 Å². The third-order valence-electron chi connectivity index (χ3n) is 4.08. The minimum absolute atomic E-state index is 0.151. The Labute approximate surface area is 153 Å². The molecule has 4 heteroatoms. The first-order valence-corrected chi connectivity index (χ1v) is 8.56. The number of carbonyl (C=O) groups excluding carboxylic acids is 1. The molecule has 0 fully saturated rings. The van der Waals surface area contributed by atoms with Gasteiger partial charge in [0, 0.05) is 19.6 Å². The van der Waals surface area contributed by atoms with Crippen LogP contribution in [0.1, 0.15) is 16.7 Å². The number of nitrogens with one attached hydrogen (secondary N) is 1. The molecule has 1 N–H and O–H groups in total. The Morgan fingerprint density at radius 1 is 0.731 bits per heavy atom. The summed E-state index contributed by atoms with van der Waals surface area (Å²) in [4.78, 5) is 14.5. The van der Waals surface area contributed by atoms with Crippen molar-refractivity contribution in [3.05, 3.63) is 107 Å². The molecule has 0 saturated heterocycles. The van der Waals surface area contributed by atoms with Crippen LogP contribution in [0, 0.1) is 5.82 Å². The maximum atomic E-state index is 13.0. The first-order chi connectivity index (χ1) is 12.7. The monoisotopic (exact) mass is 348 g/mol. The van der Waals surface area contributed by atoms with Crippen molar-refractivity contribution in [1.29, 1.82) is 0 Å². The van der Waals surface area contributed by atoms with E-state index in [0.29, 0.717) is 19.6 Å². The molecule has 3 nitrogen and oxygen atoms in total. The van der Waals surface area contributed by atoms with Crippen LogP contribution < -0.4 is 5.32 Å². The van der Waals surface area contributed by atoms with Crippen LogP contribution in [0.4, 0.5) is 9.18 Å². The van der Waals surface area contributed by atoms with Gasteiger partial charge in [0.2, 0.25) is 0 Å². The molecular formula is C22H21FN2O. The summed E-state index contributed by atoms with van der Waals surface area (Å²) in [6.07, 6.45) is 0. The molecule has 2 amide bonds. The van der Waals surface area contributed by atoms with Gasteiger partial charge < -0.3 is 10.2 Å². The van der Waals surface area contributed by atoms with Gasteiger partial charge in [0.05, 0.1) is 0 Å². The summed E-state index contributed by atoms with van der Waals surface area (Å²) in [5.74, 6) is -0.283. The molecule has 3 aromatic rings. The van der Waals surface area contributed by atoms with E-state index >= 15 is 0 Å². The molecule has 0 atom stereocenters. The van der Waals surface area contributed by atoms with Gasteiger partial charge in [0.25, 0.3) is 0 Å². The molecule has 0 bridgehead atoms. The molecule has 0 aliphatic heterocycles. The van der Waals surface area contributed by atoms with E-state index in [9.17, 15) is 9.18 Å². The van der Waals surface area contributed by atoms with Gasteiger partial charge >= 0.3 is 6.03 Å². The summed E-state index contributed by atoms with van der Waals surface area (Å²) >= 11 is 0. The number of rotatable bonds is 6. The van der Waals surface area contributed by atoms with Crippen molar-refractivity contribution in [2.75, 3.05) is 0 Å². The lowest BCUT2D eigenvalue weighted by Crippen LogP contribution is -2.38. The van der Waals surface area contributed by atoms with E-state index in [4.69, 9.17) is 0 Å². The summed E-state index contributed by atoms with van der Waals surface area (Å²) < 4.78 is 13.0. The summed E-state index contributed by atoms with van der Waals surface area (Å²) in [5, 5.41) is 2.92. The number of carbonyl (C=O) groups is 1. The Bertz CT molecular complexity index is 778. The quantitative estimate of drug-likeness (QED) is 0.686. The Morgan fingerprint density at radius 3 is 1.73 bits per heavy atom. The summed E-state index contributed by atoms with van der Waals surface area (Å²) in [7, 11) is 0. The number of benzene rings is 3. The second-order valence-corrected chi connectivity index (χ2v) is 6.11. The number of amides is 2. The van der Waals surface area contributed by atoms with E-state index in [1.807, 2.05) is 60.7 Å². The van der Waals surface area contributed by atoms with Crippen LogP contribution in [0.3, 0.4) is 0 Å². The van der Waals surface area contributed by atoms with E-state index in [0.717, 1.165) is 16.7 Å². The average Bonchev–Trinajstić information content (AvgIpc) is 2.68. The zero-order valence-electron chi connectivity index (χ0n) is 14.4. The summed E-state index contributed by atoms with van der Waals surface area (Å²) in [6, 6.07) is 25.8. The first-order valence-electron chi connectivity index (χ1n) is 8.56. The van der Waals surface area contributed by atoms with E-state index in [2.05, 4.69) is 5.32 Å². The third kappa shape index (κ3) is 5.18. The molecule has 0 aliphatic rings. The highest BCUT2D eigenvalue weighted by molar-refractivity contribution is 5.74. The van der Waals surface area contributed by atoms with Gasteiger partial charge in [0.1, 0.15) is 5.82 Å². The van der Waals surface area contributed by atoms with E-state index in [-0.39, 0.29) is 11.8 Å². The predicted octanol–water partition coefficient (Wildman–Crippen LogP) is 4.74. The second kappa shape index (κ2) is 8.81. The zero-order valence-corrected chi connectivity index (χ0v) is 14.4. The van der Waals surface area contributed by atoms with Crippen molar-refractivity contribution in [2.24, 2.45) is 0 Å². The first kappa shape index (κ1) is 17.7. The van der Waals surface area contributed by atoms with Gasteiger partial charge in [0.15, 0.2) is 0 Å². The normalized spacial score (nSPS) is 10.3. The molecule has 3 aromatic carbocycles. The molecule has 0 radical (unpaired) electrons. The third-order valence-corrected chi connectivity index (χ3v) is 4.08. The van der Waals surface area contributed by atoms with Crippen LogP contribution in [0.5, 0.6) is 0 Å². The highest BCUT2D eigenvalue weighted by Crippen LogP contribution is 2.11. The van der Waals surface area contributed by atoms with Gasteiger partial charge in [-0.2, -0.15) is 0 Å². The molecule has 3 rings (SSSR count). The lowest BCUT2D eigenvalue weighted by atomic mass is 10.2. The second-order valence-electron chi connectivity index (χ2n) is 6.11. The largest absolute Gasteiger partial charge is 0.334 e. The fourth-order valence-corrected chi connectivity index (χ4v) is 2.70. The van der Waals surface area contributed by atoms with Gasteiger partial charge in [-0.05, 0) is 28.8 Å². The topological polar surface area (TPSA) is 32.3 Å². The van der Waals surface area contributed by atoms with E-state index < -0.39 is 0 Å². The Balaban J connectivity index is 1.68. The molecule has 0 spiro atoms. The van der Waals surface area contributed by atoms with Gasteiger partial charge in [-0.3, -0.25) is 0 Å². The SMILES string of the molecule is O=C(NCc1ccc(F)cc1)N(Cc1ccccc1)Cc1ccccc1. The highest BCUT2D eigenvalue weighted by Gasteiger charge is 2.14. The fraction of sp³-hybridized carbons (Fsp3) is 0.136. The van der Waals surface area contributed by atoms with E-state index in [1.165, 1.54) is 12.1 Å². The molecule has 0 heterocycles. The molecule has 0 saturated carbocycles. The van der Waals surface area contributed by atoms with Crippen molar-refractivity contribution < 1.29 is 9.18 Å². The maximum absolute atomic E-state index is 13.0. The van der Waals surface area contributed by atoms with Crippen molar-refractivity contribution in [3.63, 3.8) is 0 Å².